The number of allylic oxidation sites excluding steroid dienone is 1. The number of benzene rings is 5. The van der Waals surface area contributed by atoms with Crippen molar-refractivity contribution in [2.45, 2.75) is 150 Å². The van der Waals surface area contributed by atoms with E-state index >= 15 is 0 Å². The normalized spacial score (nSPS) is 31.4. The third kappa shape index (κ3) is 10.9. The van der Waals surface area contributed by atoms with E-state index in [2.05, 4.69) is 84.8 Å². The van der Waals surface area contributed by atoms with Crippen molar-refractivity contribution in [3.8, 4) is 23.3 Å². The molecule has 12 nitrogen and oxygen atoms in total. The number of phenolic OH excluding ortho intramolecular Hbond substituents is 1. The smallest absolute Gasteiger partial charge is 0.268 e. The van der Waals surface area contributed by atoms with Crippen molar-refractivity contribution in [1.82, 2.24) is 5.32 Å². The molecule has 0 aromatic heterocycles. The van der Waals surface area contributed by atoms with Crippen molar-refractivity contribution >= 4 is 16.1 Å². The average molecular weight is 1090 g/mol. The zero-order valence-electron chi connectivity index (χ0n) is 45.3. The molecule has 79 heavy (non-hydrogen) atoms. The number of aliphatic imine (C=N–C) groups is 1. The number of aliphatic hydroxyl groups excluding tert-OH is 1. The number of hydrogen-bond acceptors (Lipinski definition) is 9. The fourth-order valence-electron chi connectivity index (χ4n) is 15.6. The van der Waals surface area contributed by atoms with Gasteiger partial charge in [0.25, 0.3) is 10.1 Å². The van der Waals surface area contributed by atoms with E-state index in [0.29, 0.717) is 61.8 Å². The summed E-state index contributed by atoms with van der Waals surface area (Å²) >= 11 is 0. The molecule has 1 saturated carbocycles. The third-order valence-corrected chi connectivity index (χ3v) is 20.8. The highest BCUT2D eigenvalue weighted by Gasteiger charge is 2.51. The molecule has 14 rings (SSSR count). The maximum Gasteiger partial charge on any atom is 0.268 e. The molecule has 10 bridgehead atoms. The van der Waals surface area contributed by atoms with Gasteiger partial charge in [-0.15, -0.1) is 0 Å². The molecule has 0 radical (unpaired) electrons. The van der Waals surface area contributed by atoms with E-state index in [-0.39, 0.29) is 72.8 Å². The molecule has 1 saturated heterocycles. The number of hydrogen-bond donors (Lipinski definition) is 7. The van der Waals surface area contributed by atoms with Crippen LogP contribution < -0.4 is 21.5 Å². The Morgan fingerprint density at radius 2 is 1.71 bits per heavy atom. The first-order chi connectivity index (χ1) is 38.1. The molecule has 0 spiro atoms. The number of fused-ring (bicyclic) bond motifs is 10. The van der Waals surface area contributed by atoms with E-state index in [4.69, 9.17) is 25.9 Å². The standard InChI is InChI=1S/C66H76N4O8S/c1-40-12-13-47-32-55-21-23-57(47)59(40)35-61(79(74,75)76)60-34-50-30-49(33-56-28-42(39-71)9-5-10-46-31-54(72)20-22-58(46)63(50)77-56)62(60)44-16-18-52(19-17-44)66(78-55,70-64(67)68)37-53(27-41-7-3-2-4-8-41)65(73)25-6-11-48(36-65)45-15-14-43-24-26-69-38-51(43)29-45/h2-4,7-8,14-23,29,31-32,34,40,42,48-49,53,56,59-63,69,71-73H,6,9,11-13,24-28,30,33,35-39H2,1H3,(H4,67,68,70)(H,74,75,76). The van der Waals surface area contributed by atoms with Crippen molar-refractivity contribution in [2.75, 3.05) is 13.2 Å². The van der Waals surface area contributed by atoms with Crippen molar-refractivity contribution in [3.63, 3.8) is 0 Å². The van der Waals surface area contributed by atoms with E-state index in [0.717, 1.165) is 78.6 Å². The van der Waals surface area contributed by atoms with Crippen LogP contribution in [0.25, 0.3) is 0 Å². The number of nitrogens with one attached hydrogen (secondary N) is 1. The Kier molecular flexibility index (Phi) is 14.8. The van der Waals surface area contributed by atoms with Gasteiger partial charge >= 0.3 is 0 Å². The number of aromatic hydroxyl groups is 1. The summed E-state index contributed by atoms with van der Waals surface area (Å²) in [4.78, 5) is 5.18. The van der Waals surface area contributed by atoms with Gasteiger partial charge in [0, 0.05) is 48.6 Å². The summed E-state index contributed by atoms with van der Waals surface area (Å²) < 4.78 is 55.3. The molecule has 13 unspecified atom stereocenters. The van der Waals surface area contributed by atoms with Crippen LogP contribution in [0.1, 0.15) is 157 Å². The number of nitrogens with zero attached hydrogens (tertiary/aromatic N) is 1. The first-order valence-electron chi connectivity index (χ1n) is 29.0. The van der Waals surface area contributed by atoms with Gasteiger partial charge in [-0.1, -0.05) is 110 Å². The lowest BCUT2D eigenvalue weighted by molar-refractivity contribution is -0.0834. The van der Waals surface area contributed by atoms with Crippen LogP contribution in [0.3, 0.4) is 0 Å². The second kappa shape index (κ2) is 21.8. The molecule has 13 heteroatoms. The van der Waals surface area contributed by atoms with Crippen LogP contribution >= 0.6 is 0 Å². The van der Waals surface area contributed by atoms with Crippen molar-refractivity contribution in [2.24, 2.45) is 46.0 Å². The van der Waals surface area contributed by atoms with Gasteiger partial charge < -0.3 is 41.6 Å². The van der Waals surface area contributed by atoms with Gasteiger partial charge in [-0.05, 0) is 194 Å². The fourth-order valence-corrected chi connectivity index (χ4v) is 16.7. The molecule has 2 fully saturated rings. The van der Waals surface area contributed by atoms with Gasteiger partial charge in [0.2, 0.25) is 5.72 Å². The van der Waals surface area contributed by atoms with E-state index in [1.54, 1.807) is 12.1 Å². The van der Waals surface area contributed by atoms with Crippen molar-refractivity contribution < 1.29 is 37.8 Å². The van der Waals surface area contributed by atoms with Crippen LogP contribution in [0.4, 0.5) is 0 Å². The van der Waals surface area contributed by atoms with E-state index < -0.39 is 44.6 Å². The molecular formula is C66H76N4O8S. The number of nitrogens with two attached hydrogens (primary N) is 2. The Labute approximate surface area is 465 Å². The van der Waals surface area contributed by atoms with Gasteiger partial charge in [-0.3, -0.25) is 4.55 Å². The van der Waals surface area contributed by atoms with Gasteiger partial charge in [-0.2, -0.15) is 8.42 Å². The molecule has 414 valence electrons. The minimum absolute atomic E-state index is 0.0728. The van der Waals surface area contributed by atoms with Crippen molar-refractivity contribution in [1.29, 1.82) is 0 Å². The minimum Gasteiger partial charge on any atom is -0.508 e. The predicted octanol–water partition coefficient (Wildman–Crippen LogP) is 10.1. The summed E-state index contributed by atoms with van der Waals surface area (Å²) in [7, 11) is -4.69. The summed E-state index contributed by atoms with van der Waals surface area (Å²) in [5, 5.41) is 37.3. The first kappa shape index (κ1) is 53.7. The highest BCUT2D eigenvalue weighted by molar-refractivity contribution is 7.86. The van der Waals surface area contributed by atoms with Gasteiger partial charge in [-0.25, -0.2) is 4.99 Å². The second-order valence-electron chi connectivity index (χ2n) is 24.5. The van der Waals surface area contributed by atoms with E-state index in [9.17, 15) is 28.3 Å². The number of phenols is 1. The topological polar surface area (TPSA) is 210 Å². The molecule has 0 amide bonds. The Bertz CT molecular complexity index is 3310. The van der Waals surface area contributed by atoms with E-state index in [1.807, 2.05) is 42.5 Å². The number of aliphatic hydroxyl groups is 2. The van der Waals surface area contributed by atoms with Crippen molar-refractivity contribution in [3.05, 3.63) is 176 Å². The minimum atomic E-state index is -4.69. The van der Waals surface area contributed by atoms with Crippen LogP contribution in [-0.2, 0) is 46.4 Å². The highest BCUT2D eigenvalue weighted by atomic mass is 32.2. The molecule has 9 aliphatic rings. The SMILES string of the molecule is CC1CCc2cc3ccc2C1CC(S(=O)(=O)O)C1C=C2CC(CC4CC(CO)CC#Cc5cc(O)ccc5C2O4)C1c1ccc(cc1)C(CC(Cc1ccccc1)C1(O)CCCC(c2ccc4c(c2)CNCC4)C1)(N=C(N)N)O3. The van der Waals surface area contributed by atoms with Crippen LogP contribution in [0, 0.1) is 41.4 Å². The number of guanidine groups is 1. The zero-order valence-corrected chi connectivity index (χ0v) is 46.1. The quantitative estimate of drug-likeness (QED) is 0.0243. The van der Waals surface area contributed by atoms with Crippen LogP contribution in [-0.4, -0.2) is 64.4 Å². The summed E-state index contributed by atoms with van der Waals surface area (Å²) in [6, 6.07) is 36.7. The summed E-state index contributed by atoms with van der Waals surface area (Å²) in [5.41, 5.74) is 21.6. The fraction of sp³-hybridized carbons (Fsp3) is 0.470. The number of aryl methyl sites for hydroxylation is 1. The summed E-state index contributed by atoms with van der Waals surface area (Å²) in [6.07, 6.45) is 9.83. The largest absolute Gasteiger partial charge is 0.508 e. The lowest BCUT2D eigenvalue weighted by atomic mass is 9.64. The predicted molar refractivity (Wildman–Crippen MR) is 307 cm³/mol. The van der Waals surface area contributed by atoms with Gasteiger partial charge in [0.1, 0.15) is 17.6 Å². The molecule has 6 aliphatic heterocycles. The maximum absolute atomic E-state index is 14.4. The molecule has 3 aliphatic carbocycles. The lowest BCUT2D eigenvalue weighted by Gasteiger charge is -2.46. The third-order valence-electron chi connectivity index (χ3n) is 19.5. The molecule has 13 atom stereocenters. The first-order valence-corrected chi connectivity index (χ1v) is 30.5. The van der Waals surface area contributed by atoms with Gasteiger partial charge in [0.15, 0.2) is 5.96 Å². The van der Waals surface area contributed by atoms with Crippen LogP contribution in [0.15, 0.2) is 126 Å². The highest BCUT2D eigenvalue weighted by Crippen LogP contribution is 2.56. The Hall–Kier alpha value is -5.98. The molecule has 6 heterocycles. The monoisotopic (exact) mass is 1080 g/mol. The zero-order chi connectivity index (χ0) is 54.6. The Morgan fingerprint density at radius 1 is 0.899 bits per heavy atom. The molecule has 9 N–H and O–H groups in total. The average Bonchev–Trinajstić information content (AvgIpc) is 3.59. The Balaban J connectivity index is 1.02. The second-order valence-corrected chi connectivity index (χ2v) is 26.1. The Morgan fingerprint density at radius 3 is 2.51 bits per heavy atom. The number of ether oxygens (including phenoxy) is 2. The maximum atomic E-state index is 14.4. The molecule has 5 aromatic carbocycles. The molecule has 5 aromatic rings. The summed E-state index contributed by atoms with van der Waals surface area (Å²) in [5.74, 6) is 5.30. The van der Waals surface area contributed by atoms with Gasteiger partial charge in [0.05, 0.1) is 17.0 Å². The summed E-state index contributed by atoms with van der Waals surface area (Å²) in [6.45, 7) is 3.93. The lowest BCUT2D eigenvalue weighted by Crippen LogP contribution is -2.48. The number of rotatable bonds is 9. The molecular weight excluding hydrogens is 1010 g/mol. The van der Waals surface area contributed by atoms with E-state index in [1.165, 1.54) is 16.7 Å². The van der Waals surface area contributed by atoms with Crippen LogP contribution in [0.2, 0.25) is 0 Å². The van der Waals surface area contributed by atoms with Crippen LogP contribution in [0.5, 0.6) is 11.5 Å².